The van der Waals surface area contributed by atoms with Crippen molar-refractivity contribution in [3.63, 3.8) is 0 Å². The average Bonchev–Trinajstić information content (AvgIpc) is 2.82. The van der Waals surface area contributed by atoms with Gasteiger partial charge in [-0.3, -0.25) is 4.79 Å². The molecule has 3 rings (SSSR count). The van der Waals surface area contributed by atoms with Crippen molar-refractivity contribution in [1.82, 2.24) is 5.01 Å². The molecule has 0 radical (unpaired) electrons. The average molecular weight is 327 g/mol. The predicted octanol–water partition coefficient (Wildman–Crippen LogP) is 3.10. The largest absolute Gasteiger partial charge is 0.308 e. The molecule has 6 heteroatoms. The zero-order valence-corrected chi connectivity index (χ0v) is 13.3. The van der Waals surface area contributed by atoms with Crippen molar-refractivity contribution in [3.8, 4) is 0 Å². The van der Waals surface area contributed by atoms with E-state index < -0.39 is 0 Å². The third-order valence-electron chi connectivity index (χ3n) is 3.48. The van der Waals surface area contributed by atoms with E-state index in [1.165, 1.54) is 23.4 Å². The first-order chi connectivity index (χ1) is 11.0. The van der Waals surface area contributed by atoms with E-state index in [1.807, 2.05) is 31.2 Å². The van der Waals surface area contributed by atoms with E-state index in [0.717, 1.165) is 11.3 Å². The standard InChI is InChI=1S/C17H14FN3OS/c1-12-2-8-15(9-3-12)20-11-16(22)21(17(20)23)19-10-13-4-6-14(18)7-5-13/h2-10H,11H2,1H3. The van der Waals surface area contributed by atoms with Crippen LogP contribution in [0.15, 0.2) is 53.6 Å². The number of benzene rings is 2. The molecule has 0 bridgehead atoms. The van der Waals surface area contributed by atoms with Crippen LogP contribution in [0.2, 0.25) is 0 Å². The zero-order valence-electron chi connectivity index (χ0n) is 12.4. The third kappa shape index (κ3) is 3.27. The van der Waals surface area contributed by atoms with E-state index in [1.54, 1.807) is 17.0 Å². The van der Waals surface area contributed by atoms with Gasteiger partial charge in [0.2, 0.25) is 5.11 Å². The predicted molar refractivity (Wildman–Crippen MR) is 92.0 cm³/mol. The topological polar surface area (TPSA) is 35.9 Å². The molecule has 0 N–H and O–H groups in total. The van der Waals surface area contributed by atoms with Crippen molar-refractivity contribution in [3.05, 3.63) is 65.5 Å². The zero-order chi connectivity index (χ0) is 16.4. The monoisotopic (exact) mass is 327 g/mol. The third-order valence-corrected chi connectivity index (χ3v) is 3.87. The van der Waals surface area contributed by atoms with E-state index in [2.05, 4.69) is 5.10 Å². The van der Waals surface area contributed by atoms with Crippen LogP contribution >= 0.6 is 12.2 Å². The fourth-order valence-electron chi connectivity index (χ4n) is 2.20. The number of thiocarbonyl (C=S) groups is 1. The van der Waals surface area contributed by atoms with Crippen LogP contribution in [0.1, 0.15) is 11.1 Å². The molecule has 4 nitrogen and oxygen atoms in total. The Labute approximate surface area is 138 Å². The van der Waals surface area contributed by atoms with Crippen LogP contribution in [0.25, 0.3) is 0 Å². The lowest BCUT2D eigenvalue weighted by Crippen LogP contribution is -2.29. The number of hydrogen-bond donors (Lipinski definition) is 0. The Bertz CT molecular complexity index is 771. The molecule has 0 aliphatic carbocycles. The highest BCUT2D eigenvalue weighted by Crippen LogP contribution is 2.22. The van der Waals surface area contributed by atoms with Crippen LogP contribution in [0.5, 0.6) is 0 Å². The lowest BCUT2D eigenvalue weighted by atomic mass is 10.2. The SMILES string of the molecule is Cc1ccc(N2CC(=O)N(N=Cc3ccc(F)cc3)C2=S)cc1. The minimum Gasteiger partial charge on any atom is -0.308 e. The van der Waals surface area contributed by atoms with E-state index in [0.29, 0.717) is 10.7 Å². The smallest absolute Gasteiger partial charge is 0.269 e. The summed E-state index contributed by atoms with van der Waals surface area (Å²) in [5.41, 5.74) is 2.68. The Morgan fingerprint density at radius 2 is 1.78 bits per heavy atom. The van der Waals surface area contributed by atoms with Crippen LogP contribution in [0, 0.1) is 12.7 Å². The fourth-order valence-corrected chi connectivity index (χ4v) is 2.52. The maximum absolute atomic E-state index is 12.9. The fraction of sp³-hybridized carbons (Fsp3) is 0.118. The van der Waals surface area contributed by atoms with Crippen molar-refractivity contribution in [2.24, 2.45) is 5.10 Å². The van der Waals surface area contributed by atoms with Gasteiger partial charge in [-0.1, -0.05) is 29.8 Å². The number of amides is 1. The summed E-state index contributed by atoms with van der Waals surface area (Å²) in [5, 5.41) is 5.66. The molecule has 0 atom stereocenters. The molecule has 116 valence electrons. The van der Waals surface area contributed by atoms with Gasteiger partial charge in [-0.15, -0.1) is 0 Å². The van der Waals surface area contributed by atoms with Gasteiger partial charge in [0.25, 0.3) is 5.91 Å². The van der Waals surface area contributed by atoms with Gasteiger partial charge in [0.1, 0.15) is 12.4 Å². The molecule has 1 heterocycles. The minimum absolute atomic E-state index is 0.155. The maximum Gasteiger partial charge on any atom is 0.269 e. The van der Waals surface area contributed by atoms with Crippen LogP contribution in [0.3, 0.4) is 0 Å². The van der Waals surface area contributed by atoms with Gasteiger partial charge in [0, 0.05) is 5.69 Å². The van der Waals surface area contributed by atoms with Crippen LogP contribution in [-0.2, 0) is 4.79 Å². The van der Waals surface area contributed by atoms with Crippen molar-refractivity contribution in [2.45, 2.75) is 6.92 Å². The molecule has 2 aromatic rings. The van der Waals surface area contributed by atoms with E-state index >= 15 is 0 Å². The van der Waals surface area contributed by atoms with Crippen LogP contribution < -0.4 is 4.90 Å². The Morgan fingerprint density at radius 1 is 1.13 bits per heavy atom. The second kappa shape index (κ2) is 6.26. The second-order valence-corrected chi connectivity index (χ2v) is 5.57. The van der Waals surface area contributed by atoms with E-state index in [-0.39, 0.29) is 18.3 Å². The first-order valence-corrected chi connectivity index (χ1v) is 7.46. The van der Waals surface area contributed by atoms with Crippen molar-refractivity contribution >= 4 is 35.1 Å². The summed E-state index contributed by atoms with van der Waals surface area (Å²) in [6.07, 6.45) is 1.49. The number of halogens is 1. The molecule has 23 heavy (non-hydrogen) atoms. The molecule has 0 saturated carbocycles. The van der Waals surface area contributed by atoms with Crippen LogP contribution in [-0.4, -0.2) is 28.8 Å². The highest BCUT2D eigenvalue weighted by atomic mass is 32.1. The first-order valence-electron chi connectivity index (χ1n) is 7.05. The molecule has 2 aromatic carbocycles. The quantitative estimate of drug-likeness (QED) is 0.642. The van der Waals surface area contributed by atoms with Gasteiger partial charge in [0.05, 0.1) is 6.21 Å². The van der Waals surface area contributed by atoms with Gasteiger partial charge in [0.15, 0.2) is 0 Å². The lowest BCUT2D eigenvalue weighted by Gasteiger charge is -2.17. The summed E-state index contributed by atoms with van der Waals surface area (Å²) in [6, 6.07) is 13.6. The van der Waals surface area contributed by atoms with Crippen LogP contribution in [0.4, 0.5) is 10.1 Å². The van der Waals surface area contributed by atoms with Gasteiger partial charge < -0.3 is 4.90 Å². The van der Waals surface area contributed by atoms with Crippen molar-refractivity contribution in [1.29, 1.82) is 0 Å². The Balaban J connectivity index is 1.78. The lowest BCUT2D eigenvalue weighted by molar-refractivity contribution is -0.124. The van der Waals surface area contributed by atoms with Gasteiger partial charge in [-0.2, -0.15) is 10.1 Å². The summed E-state index contributed by atoms with van der Waals surface area (Å²) in [6.45, 7) is 2.15. The number of hydrogen-bond acceptors (Lipinski definition) is 3. The van der Waals surface area contributed by atoms with Crippen molar-refractivity contribution in [2.75, 3.05) is 11.4 Å². The molecule has 0 spiro atoms. The molecular weight excluding hydrogens is 313 g/mol. The number of carbonyl (C=O) groups is 1. The molecule has 0 unspecified atom stereocenters. The van der Waals surface area contributed by atoms with E-state index in [4.69, 9.17) is 12.2 Å². The summed E-state index contributed by atoms with van der Waals surface area (Å²) in [7, 11) is 0. The number of rotatable bonds is 3. The number of anilines is 1. The van der Waals surface area contributed by atoms with Gasteiger partial charge in [-0.25, -0.2) is 4.39 Å². The normalized spacial score (nSPS) is 15.0. The maximum atomic E-state index is 12.9. The van der Waals surface area contributed by atoms with Gasteiger partial charge in [-0.05, 0) is 49.0 Å². The Hall–Kier alpha value is -2.60. The summed E-state index contributed by atoms with van der Waals surface area (Å²) in [5.74, 6) is -0.519. The number of aryl methyl sites for hydroxylation is 1. The molecule has 0 aromatic heterocycles. The number of carbonyl (C=O) groups excluding carboxylic acids is 1. The Kier molecular flexibility index (Phi) is 4.16. The molecule has 1 amide bonds. The number of nitrogens with zero attached hydrogens (tertiary/aromatic N) is 3. The summed E-state index contributed by atoms with van der Waals surface area (Å²) < 4.78 is 12.9. The Morgan fingerprint density at radius 3 is 2.43 bits per heavy atom. The minimum atomic E-state index is -0.319. The molecule has 1 aliphatic heterocycles. The van der Waals surface area contributed by atoms with Crippen molar-refractivity contribution < 1.29 is 9.18 Å². The van der Waals surface area contributed by atoms with E-state index in [9.17, 15) is 9.18 Å². The molecule has 1 fully saturated rings. The first kappa shape index (κ1) is 15.3. The number of hydrazone groups is 1. The second-order valence-electron chi connectivity index (χ2n) is 5.21. The summed E-state index contributed by atoms with van der Waals surface area (Å²) in [4.78, 5) is 13.9. The summed E-state index contributed by atoms with van der Waals surface area (Å²) >= 11 is 5.35. The molecule has 1 saturated heterocycles. The molecular formula is C17H14FN3OS. The molecule has 1 aliphatic rings. The highest BCUT2D eigenvalue weighted by Gasteiger charge is 2.33. The highest BCUT2D eigenvalue weighted by molar-refractivity contribution is 7.80. The van der Waals surface area contributed by atoms with Gasteiger partial charge >= 0.3 is 0 Å².